The highest BCUT2D eigenvalue weighted by Crippen LogP contribution is 2.18. The highest BCUT2D eigenvalue weighted by atomic mass is 16.5. The number of hydrogen-bond donors (Lipinski definition) is 2. The Bertz CT molecular complexity index is 576. The molecule has 36 heavy (non-hydrogen) atoms. The van der Waals surface area contributed by atoms with Crippen molar-refractivity contribution in [2.75, 3.05) is 6.54 Å². The van der Waals surface area contributed by atoms with Crippen molar-refractivity contribution in [1.29, 1.82) is 0 Å². The van der Waals surface area contributed by atoms with E-state index in [9.17, 15) is 14.4 Å². The number of carbonyl (C=O) groups excluding carboxylic acids is 2. The smallest absolute Gasteiger partial charge is 0.322 e. The van der Waals surface area contributed by atoms with Gasteiger partial charge in [-0.1, -0.05) is 90.2 Å². The maximum atomic E-state index is 12.4. The first kappa shape index (κ1) is 34.1. The molecular formula is C30H55NO5. The Morgan fingerprint density at radius 3 is 1.89 bits per heavy atom. The Kier molecular flexibility index (Phi) is 24.9. The molecule has 1 amide bonds. The second-order valence-electron chi connectivity index (χ2n) is 10.0. The third kappa shape index (κ3) is 25.2. The van der Waals surface area contributed by atoms with E-state index in [1.807, 2.05) is 0 Å². The van der Waals surface area contributed by atoms with Gasteiger partial charge in [0.05, 0.1) is 0 Å². The summed E-state index contributed by atoms with van der Waals surface area (Å²) >= 11 is 0. The average Bonchev–Trinajstić information content (AvgIpc) is 2.85. The van der Waals surface area contributed by atoms with E-state index < -0.39 is 5.97 Å². The molecule has 0 saturated heterocycles. The summed E-state index contributed by atoms with van der Waals surface area (Å²) in [6, 6.07) is 0. The second-order valence-corrected chi connectivity index (χ2v) is 10.0. The number of carbonyl (C=O) groups is 3. The molecule has 0 aliphatic carbocycles. The van der Waals surface area contributed by atoms with Crippen molar-refractivity contribution in [3.05, 3.63) is 12.2 Å². The summed E-state index contributed by atoms with van der Waals surface area (Å²) in [5.41, 5.74) is 0. The van der Waals surface area contributed by atoms with Gasteiger partial charge in [-0.2, -0.15) is 0 Å². The fraction of sp³-hybridized carbons (Fsp3) is 0.833. The van der Waals surface area contributed by atoms with E-state index in [0.717, 1.165) is 57.8 Å². The number of hydrogen-bond acceptors (Lipinski definition) is 4. The fourth-order valence-corrected chi connectivity index (χ4v) is 4.22. The summed E-state index contributed by atoms with van der Waals surface area (Å²) in [6.07, 6.45) is 26.2. The topological polar surface area (TPSA) is 92.7 Å². The molecule has 0 heterocycles. The van der Waals surface area contributed by atoms with Crippen LogP contribution in [-0.2, 0) is 19.1 Å². The van der Waals surface area contributed by atoms with Crippen molar-refractivity contribution in [3.63, 3.8) is 0 Å². The van der Waals surface area contributed by atoms with E-state index in [-0.39, 0.29) is 24.5 Å². The molecule has 0 aromatic heterocycles. The van der Waals surface area contributed by atoms with Gasteiger partial charge in [0.15, 0.2) is 0 Å². The van der Waals surface area contributed by atoms with Gasteiger partial charge in [-0.15, -0.1) is 0 Å². The normalized spacial score (nSPS) is 12.1. The van der Waals surface area contributed by atoms with Crippen LogP contribution >= 0.6 is 0 Å². The van der Waals surface area contributed by atoms with Crippen LogP contribution in [-0.4, -0.2) is 35.6 Å². The summed E-state index contributed by atoms with van der Waals surface area (Å²) in [5, 5.41) is 11.0. The Morgan fingerprint density at radius 2 is 1.25 bits per heavy atom. The fourth-order valence-electron chi connectivity index (χ4n) is 4.22. The molecule has 0 aliphatic heterocycles. The zero-order chi connectivity index (χ0) is 26.7. The van der Waals surface area contributed by atoms with E-state index >= 15 is 0 Å². The molecule has 0 aliphatic rings. The summed E-state index contributed by atoms with van der Waals surface area (Å²) in [5.74, 6) is -1.28. The largest absolute Gasteiger partial charge is 0.480 e. The number of ether oxygens (including phenoxy) is 1. The summed E-state index contributed by atoms with van der Waals surface area (Å²) in [4.78, 5) is 34.5. The monoisotopic (exact) mass is 509 g/mol. The van der Waals surface area contributed by atoms with Crippen LogP contribution in [0.1, 0.15) is 149 Å². The van der Waals surface area contributed by atoms with E-state index in [0.29, 0.717) is 12.8 Å². The average molecular weight is 510 g/mol. The van der Waals surface area contributed by atoms with Crippen molar-refractivity contribution in [2.24, 2.45) is 0 Å². The van der Waals surface area contributed by atoms with Gasteiger partial charge in [-0.05, 0) is 57.8 Å². The van der Waals surface area contributed by atoms with Crippen LogP contribution in [0.25, 0.3) is 0 Å². The van der Waals surface area contributed by atoms with Crippen LogP contribution in [0.4, 0.5) is 0 Å². The predicted molar refractivity (Wildman–Crippen MR) is 148 cm³/mol. The van der Waals surface area contributed by atoms with Gasteiger partial charge in [0, 0.05) is 12.8 Å². The van der Waals surface area contributed by atoms with Crippen molar-refractivity contribution in [3.8, 4) is 0 Å². The Labute approximate surface area is 221 Å². The molecule has 0 saturated carbocycles. The van der Waals surface area contributed by atoms with Crippen LogP contribution in [0.15, 0.2) is 12.2 Å². The van der Waals surface area contributed by atoms with E-state index in [1.165, 1.54) is 64.2 Å². The molecule has 0 aromatic rings. The number of nitrogens with one attached hydrogen (secondary N) is 1. The summed E-state index contributed by atoms with van der Waals surface area (Å²) < 4.78 is 5.87. The maximum Gasteiger partial charge on any atom is 0.322 e. The van der Waals surface area contributed by atoms with Crippen LogP contribution in [0.2, 0.25) is 0 Å². The van der Waals surface area contributed by atoms with Gasteiger partial charge < -0.3 is 15.2 Å². The molecule has 1 atom stereocenters. The molecule has 0 fully saturated rings. The van der Waals surface area contributed by atoms with Gasteiger partial charge in [0.2, 0.25) is 5.91 Å². The Morgan fingerprint density at radius 1 is 0.694 bits per heavy atom. The summed E-state index contributed by atoms with van der Waals surface area (Å²) in [7, 11) is 0. The molecule has 6 heteroatoms. The van der Waals surface area contributed by atoms with E-state index in [1.54, 1.807) is 0 Å². The molecule has 210 valence electrons. The molecule has 0 bridgehead atoms. The molecule has 1 unspecified atom stereocenters. The van der Waals surface area contributed by atoms with Crippen LogP contribution in [0.5, 0.6) is 0 Å². The van der Waals surface area contributed by atoms with Crippen molar-refractivity contribution >= 4 is 17.8 Å². The molecule has 2 N–H and O–H groups in total. The van der Waals surface area contributed by atoms with E-state index in [2.05, 4.69) is 31.3 Å². The number of aliphatic carboxylic acids is 1. The third-order valence-electron chi connectivity index (χ3n) is 6.42. The van der Waals surface area contributed by atoms with Crippen molar-refractivity contribution in [2.45, 2.75) is 155 Å². The Hall–Kier alpha value is -1.85. The highest BCUT2D eigenvalue weighted by molar-refractivity contribution is 5.80. The second kappa shape index (κ2) is 26.2. The molecule has 0 radical (unpaired) electrons. The minimum Gasteiger partial charge on any atom is -0.480 e. The first-order valence-electron chi connectivity index (χ1n) is 14.8. The number of carboxylic acids is 1. The first-order valence-corrected chi connectivity index (χ1v) is 14.8. The lowest BCUT2D eigenvalue weighted by atomic mass is 10.0. The highest BCUT2D eigenvalue weighted by Gasteiger charge is 2.14. The minimum absolute atomic E-state index is 0.00731. The summed E-state index contributed by atoms with van der Waals surface area (Å²) in [6.45, 7) is 4.09. The molecule has 0 spiro atoms. The Balaban J connectivity index is 4.06. The first-order chi connectivity index (χ1) is 17.5. The maximum absolute atomic E-state index is 12.4. The van der Waals surface area contributed by atoms with Crippen LogP contribution in [0, 0.1) is 0 Å². The molecular weight excluding hydrogens is 454 g/mol. The molecule has 6 nitrogen and oxygen atoms in total. The predicted octanol–water partition coefficient (Wildman–Crippen LogP) is 7.89. The van der Waals surface area contributed by atoms with Crippen LogP contribution < -0.4 is 5.32 Å². The van der Waals surface area contributed by atoms with Crippen molar-refractivity contribution in [1.82, 2.24) is 5.32 Å². The van der Waals surface area contributed by atoms with Gasteiger partial charge in [0.25, 0.3) is 0 Å². The van der Waals surface area contributed by atoms with Crippen molar-refractivity contribution < 1.29 is 24.2 Å². The van der Waals surface area contributed by atoms with Crippen LogP contribution in [0.3, 0.4) is 0 Å². The number of carboxylic acid groups (broad SMARTS) is 1. The quantitative estimate of drug-likeness (QED) is 0.0702. The number of esters is 1. The lowest BCUT2D eigenvalue weighted by Gasteiger charge is -2.18. The molecule has 0 rings (SSSR count). The lowest BCUT2D eigenvalue weighted by Crippen LogP contribution is -2.28. The number of allylic oxidation sites excluding steroid dienone is 2. The standard InChI is InChI=1S/C30H55NO5/c1-3-5-7-9-10-11-12-13-15-21-25-30(35)36-27(22-18-14-8-6-4-2)23-19-16-17-20-24-28(32)31-26-29(33)34/h7,9,27H,3-6,8,10-26H2,1-2H3,(H,31,32)(H,33,34)/b9-7-. The minimum atomic E-state index is -1.02. The van der Waals surface area contributed by atoms with Gasteiger partial charge >= 0.3 is 11.9 Å². The zero-order valence-corrected chi connectivity index (χ0v) is 23.4. The third-order valence-corrected chi connectivity index (χ3v) is 6.42. The zero-order valence-electron chi connectivity index (χ0n) is 23.4. The van der Waals surface area contributed by atoms with Gasteiger partial charge in [-0.25, -0.2) is 0 Å². The lowest BCUT2D eigenvalue weighted by molar-refractivity contribution is -0.150. The SMILES string of the molecule is CCC/C=C\CCCCCCCC(=O)OC(CCCCCCC)CCCCCCC(=O)NCC(=O)O. The van der Waals surface area contributed by atoms with E-state index in [4.69, 9.17) is 9.84 Å². The number of amides is 1. The number of unbranched alkanes of at least 4 members (excludes halogenated alkanes) is 13. The van der Waals surface area contributed by atoms with Gasteiger partial charge in [0.1, 0.15) is 12.6 Å². The molecule has 0 aromatic carbocycles. The van der Waals surface area contributed by atoms with Gasteiger partial charge in [-0.3, -0.25) is 14.4 Å². The number of rotatable bonds is 26.